The SMILES string of the molecule is N#CC1(NC(=O)c2cccc(F)n2)CCCCCC1. The minimum absolute atomic E-state index is 0.0128. The first kappa shape index (κ1) is 13.5. The zero-order chi connectivity index (χ0) is 13.7. The Morgan fingerprint density at radius 2 is 2.00 bits per heavy atom. The van der Waals surface area contributed by atoms with Crippen molar-refractivity contribution in [1.82, 2.24) is 10.3 Å². The molecule has 1 aromatic heterocycles. The van der Waals surface area contributed by atoms with Gasteiger partial charge in [-0.3, -0.25) is 4.79 Å². The molecule has 0 aromatic carbocycles. The summed E-state index contributed by atoms with van der Waals surface area (Å²) in [7, 11) is 0. The topological polar surface area (TPSA) is 65.8 Å². The van der Waals surface area contributed by atoms with Crippen LogP contribution in [0.5, 0.6) is 0 Å². The molecule has 1 aliphatic carbocycles. The third-order valence-corrected chi connectivity index (χ3v) is 3.47. The summed E-state index contributed by atoms with van der Waals surface area (Å²) in [6.07, 6.45) is 5.29. The van der Waals surface area contributed by atoms with E-state index in [9.17, 15) is 14.4 Å². The van der Waals surface area contributed by atoms with Crippen molar-refractivity contribution >= 4 is 5.91 Å². The van der Waals surface area contributed by atoms with Gasteiger partial charge in [-0.1, -0.05) is 31.7 Å². The molecule has 1 aromatic rings. The summed E-state index contributed by atoms with van der Waals surface area (Å²) in [6, 6.07) is 6.28. The fourth-order valence-corrected chi connectivity index (χ4v) is 2.41. The molecule has 0 spiro atoms. The van der Waals surface area contributed by atoms with Gasteiger partial charge in [-0.2, -0.15) is 9.65 Å². The standard InChI is InChI=1S/C14H16FN3O/c15-12-7-5-6-11(17-12)13(19)18-14(10-16)8-3-1-2-4-9-14/h5-7H,1-4,8-9H2,(H,18,19). The zero-order valence-electron chi connectivity index (χ0n) is 10.7. The summed E-state index contributed by atoms with van der Waals surface area (Å²) >= 11 is 0. The van der Waals surface area contributed by atoms with Gasteiger partial charge in [-0.15, -0.1) is 0 Å². The molecular formula is C14H16FN3O. The molecule has 100 valence electrons. The van der Waals surface area contributed by atoms with Crippen molar-refractivity contribution < 1.29 is 9.18 Å². The summed E-state index contributed by atoms with van der Waals surface area (Å²) in [4.78, 5) is 15.6. The van der Waals surface area contributed by atoms with Crippen LogP contribution in [0.1, 0.15) is 49.0 Å². The normalized spacial score (nSPS) is 18.1. The third-order valence-electron chi connectivity index (χ3n) is 3.47. The van der Waals surface area contributed by atoms with Crippen molar-refractivity contribution in [3.05, 3.63) is 29.8 Å². The van der Waals surface area contributed by atoms with Gasteiger partial charge in [0, 0.05) is 0 Å². The number of hydrogen-bond donors (Lipinski definition) is 1. The molecule has 4 nitrogen and oxygen atoms in total. The first-order chi connectivity index (χ1) is 9.15. The van der Waals surface area contributed by atoms with E-state index in [0.717, 1.165) is 25.7 Å². The number of aromatic nitrogens is 1. The quantitative estimate of drug-likeness (QED) is 0.657. The van der Waals surface area contributed by atoms with E-state index in [1.165, 1.54) is 18.2 Å². The lowest BCUT2D eigenvalue weighted by Crippen LogP contribution is -2.47. The maximum absolute atomic E-state index is 13.0. The van der Waals surface area contributed by atoms with Crippen LogP contribution in [0.25, 0.3) is 0 Å². The average molecular weight is 261 g/mol. The summed E-state index contributed by atoms with van der Waals surface area (Å²) in [5.41, 5.74) is -0.819. The molecule has 19 heavy (non-hydrogen) atoms. The fourth-order valence-electron chi connectivity index (χ4n) is 2.41. The smallest absolute Gasteiger partial charge is 0.271 e. The van der Waals surface area contributed by atoms with E-state index in [2.05, 4.69) is 16.4 Å². The van der Waals surface area contributed by atoms with Crippen molar-refractivity contribution in [2.45, 2.75) is 44.1 Å². The number of pyridine rings is 1. The van der Waals surface area contributed by atoms with E-state index in [1.54, 1.807) is 0 Å². The highest BCUT2D eigenvalue weighted by molar-refractivity contribution is 5.93. The van der Waals surface area contributed by atoms with Crippen molar-refractivity contribution in [2.24, 2.45) is 0 Å². The molecule has 2 rings (SSSR count). The number of halogens is 1. The van der Waals surface area contributed by atoms with Gasteiger partial charge in [0.25, 0.3) is 5.91 Å². The molecule has 1 amide bonds. The molecule has 5 heteroatoms. The Kier molecular flexibility index (Phi) is 4.10. The van der Waals surface area contributed by atoms with Gasteiger partial charge in [0.15, 0.2) is 0 Å². The zero-order valence-corrected chi connectivity index (χ0v) is 10.7. The largest absolute Gasteiger partial charge is 0.332 e. The summed E-state index contributed by atoms with van der Waals surface area (Å²) < 4.78 is 13.0. The molecule has 1 N–H and O–H groups in total. The van der Waals surface area contributed by atoms with Crippen LogP contribution < -0.4 is 5.32 Å². The molecule has 0 radical (unpaired) electrons. The molecule has 0 bridgehead atoms. The minimum Gasteiger partial charge on any atom is -0.332 e. The fraction of sp³-hybridized carbons (Fsp3) is 0.500. The van der Waals surface area contributed by atoms with Crippen LogP contribution in [0.3, 0.4) is 0 Å². The second kappa shape index (κ2) is 5.79. The van der Waals surface area contributed by atoms with Gasteiger partial charge in [0.1, 0.15) is 11.2 Å². The molecule has 0 aliphatic heterocycles. The number of nitrogens with one attached hydrogen (secondary N) is 1. The Bertz CT molecular complexity index is 502. The van der Waals surface area contributed by atoms with Gasteiger partial charge in [0.2, 0.25) is 5.95 Å². The molecule has 1 heterocycles. The molecule has 1 aliphatic rings. The Hall–Kier alpha value is -1.96. The number of nitrogens with zero attached hydrogens (tertiary/aromatic N) is 2. The number of rotatable bonds is 2. The van der Waals surface area contributed by atoms with Crippen molar-refractivity contribution in [1.29, 1.82) is 5.26 Å². The molecular weight excluding hydrogens is 245 g/mol. The van der Waals surface area contributed by atoms with Gasteiger partial charge in [-0.25, -0.2) is 4.98 Å². The number of amides is 1. The third kappa shape index (κ3) is 3.28. The predicted molar refractivity (Wildman–Crippen MR) is 67.7 cm³/mol. The van der Waals surface area contributed by atoms with Gasteiger partial charge < -0.3 is 5.32 Å². The van der Waals surface area contributed by atoms with E-state index in [-0.39, 0.29) is 5.69 Å². The van der Waals surface area contributed by atoms with E-state index in [1.807, 2.05) is 0 Å². The van der Waals surface area contributed by atoms with Crippen molar-refractivity contribution in [3.8, 4) is 6.07 Å². The Labute approximate surface area is 111 Å². The monoisotopic (exact) mass is 261 g/mol. The average Bonchev–Trinajstić information content (AvgIpc) is 2.65. The van der Waals surface area contributed by atoms with Crippen LogP contribution >= 0.6 is 0 Å². The highest BCUT2D eigenvalue weighted by Gasteiger charge is 2.33. The number of carbonyl (C=O) groups is 1. The lowest BCUT2D eigenvalue weighted by Gasteiger charge is -2.26. The molecule has 0 unspecified atom stereocenters. The Morgan fingerprint density at radius 3 is 2.58 bits per heavy atom. The second-order valence-corrected chi connectivity index (χ2v) is 4.91. The summed E-state index contributed by atoms with van der Waals surface area (Å²) in [6.45, 7) is 0. The van der Waals surface area contributed by atoms with E-state index >= 15 is 0 Å². The Balaban J connectivity index is 2.14. The van der Waals surface area contributed by atoms with Gasteiger partial charge in [0.05, 0.1) is 6.07 Å². The van der Waals surface area contributed by atoms with Crippen molar-refractivity contribution in [2.75, 3.05) is 0 Å². The maximum Gasteiger partial charge on any atom is 0.271 e. The van der Waals surface area contributed by atoms with E-state index in [0.29, 0.717) is 12.8 Å². The second-order valence-electron chi connectivity index (χ2n) is 4.91. The lowest BCUT2D eigenvalue weighted by atomic mass is 9.91. The maximum atomic E-state index is 13.0. The van der Waals surface area contributed by atoms with Crippen molar-refractivity contribution in [3.63, 3.8) is 0 Å². The first-order valence-electron chi connectivity index (χ1n) is 6.52. The highest BCUT2D eigenvalue weighted by Crippen LogP contribution is 2.26. The van der Waals surface area contributed by atoms with Crippen LogP contribution in [0.2, 0.25) is 0 Å². The van der Waals surface area contributed by atoms with Crippen LogP contribution in [0.15, 0.2) is 18.2 Å². The Morgan fingerprint density at radius 1 is 1.32 bits per heavy atom. The van der Waals surface area contributed by atoms with E-state index < -0.39 is 17.4 Å². The lowest BCUT2D eigenvalue weighted by molar-refractivity contribution is 0.0906. The van der Waals surface area contributed by atoms with Crippen LogP contribution in [-0.2, 0) is 0 Å². The molecule has 1 fully saturated rings. The van der Waals surface area contributed by atoms with Crippen LogP contribution in [-0.4, -0.2) is 16.4 Å². The predicted octanol–water partition coefficient (Wildman–Crippen LogP) is 2.57. The number of nitriles is 1. The summed E-state index contributed by atoms with van der Waals surface area (Å²) in [5, 5.41) is 12.1. The van der Waals surface area contributed by atoms with Crippen LogP contribution in [0.4, 0.5) is 4.39 Å². The summed E-state index contributed by atoms with van der Waals surface area (Å²) in [5.74, 6) is -1.18. The number of hydrogen-bond acceptors (Lipinski definition) is 3. The number of carbonyl (C=O) groups excluding carboxylic acids is 1. The van der Waals surface area contributed by atoms with Crippen LogP contribution in [0, 0.1) is 17.3 Å². The van der Waals surface area contributed by atoms with Gasteiger partial charge >= 0.3 is 0 Å². The first-order valence-corrected chi connectivity index (χ1v) is 6.52. The molecule has 1 saturated carbocycles. The molecule has 0 saturated heterocycles. The molecule has 0 atom stereocenters. The minimum atomic E-state index is -0.832. The van der Waals surface area contributed by atoms with E-state index in [4.69, 9.17) is 0 Å². The van der Waals surface area contributed by atoms with Gasteiger partial charge in [-0.05, 0) is 25.0 Å². The highest BCUT2D eigenvalue weighted by atomic mass is 19.1.